The predicted octanol–water partition coefficient (Wildman–Crippen LogP) is -0.588. The fourth-order valence-electron chi connectivity index (χ4n) is 2.72. The molecule has 0 aromatic heterocycles. The molecule has 3 unspecified atom stereocenters. The van der Waals surface area contributed by atoms with Crippen LogP contribution in [0.1, 0.15) is 46.0 Å². The molecule has 0 saturated carbocycles. The van der Waals surface area contributed by atoms with Gasteiger partial charge < -0.3 is 32.5 Å². The van der Waals surface area contributed by atoms with Crippen molar-refractivity contribution in [1.29, 1.82) is 0 Å². The molecule has 0 aliphatic heterocycles. The van der Waals surface area contributed by atoms with E-state index in [0.717, 1.165) is 0 Å². The minimum atomic E-state index is -1.18. The number of rotatable bonds is 16. The molecule has 0 aromatic rings. The van der Waals surface area contributed by atoms with E-state index in [4.69, 9.17) is 16.6 Å². The highest BCUT2D eigenvalue weighted by molar-refractivity contribution is 7.98. The van der Waals surface area contributed by atoms with Crippen molar-refractivity contribution in [2.75, 3.05) is 25.1 Å². The van der Waals surface area contributed by atoms with E-state index in [-0.39, 0.29) is 5.92 Å². The van der Waals surface area contributed by atoms with Crippen LogP contribution in [0.4, 0.5) is 0 Å². The summed E-state index contributed by atoms with van der Waals surface area (Å²) in [4.78, 5) is 48.2. The average Bonchev–Trinajstić information content (AvgIpc) is 2.67. The number of carboxylic acid groups (broad SMARTS) is 1. The molecule has 0 bridgehead atoms. The Kier molecular flexibility index (Phi) is 14.9. The van der Waals surface area contributed by atoms with Gasteiger partial charge in [-0.2, -0.15) is 11.8 Å². The number of unbranched alkanes of at least 4 members (excludes halogenated alkanes) is 1. The molecule has 8 N–H and O–H groups in total. The van der Waals surface area contributed by atoms with Gasteiger partial charge in [0.05, 0.1) is 6.04 Å². The molecule has 0 aromatic carbocycles. The molecule has 30 heavy (non-hydrogen) atoms. The second-order valence-corrected chi connectivity index (χ2v) is 8.52. The molecule has 0 heterocycles. The zero-order chi connectivity index (χ0) is 23.1. The number of nitrogens with two attached hydrogens (primary N) is 2. The summed E-state index contributed by atoms with van der Waals surface area (Å²) in [6, 6.07) is -2.49. The van der Waals surface area contributed by atoms with Gasteiger partial charge in [-0.15, -0.1) is 0 Å². The number of aliphatic carboxylic acids is 1. The summed E-state index contributed by atoms with van der Waals surface area (Å²) in [6.45, 7) is 3.82. The van der Waals surface area contributed by atoms with Crippen molar-refractivity contribution in [1.82, 2.24) is 16.0 Å². The summed E-state index contributed by atoms with van der Waals surface area (Å²) in [5.41, 5.74) is 11.4. The van der Waals surface area contributed by atoms with Crippen molar-refractivity contribution < 1.29 is 24.3 Å². The summed E-state index contributed by atoms with van der Waals surface area (Å²) in [5, 5.41) is 16.4. The van der Waals surface area contributed by atoms with Gasteiger partial charge in [0.1, 0.15) is 18.6 Å². The third-order valence-corrected chi connectivity index (χ3v) is 4.94. The Hall–Kier alpha value is -1.85. The summed E-state index contributed by atoms with van der Waals surface area (Å²) in [5.74, 6) is -1.87. The number of carboxylic acids is 1. The first kappa shape index (κ1) is 28.1. The van der Waals surface area contributed by atoms with E-state index < -0.39 is 48.4 Å². The maximum absolute atomic E-state index is 12.8. The van der Waals surface area contributed by atoms with Crippen LogP contribution in [0.2, 0.25) is 0 Å². The SMILES string of the molecule is CSCCC(NC(=O)C(CCCCN)NC(=O)C(N)CC(C)C)C(=O)NCC(=O)O. The van der Waals surface area contributed by atoms with Crippen LogP contribution in [-0.2, 0) is 19.2 Å². The lowest BCUT2D eigenvalue weighted by molar-refractivity contribution is -0.138. The second kappa shape index (κ2) is 15.9. The van der Waals surface area contributed by atoms with Gasteiger partial charge in [-0.05, 0) is 56.6 Å². The monoisotopic (exact) mass is 447 g/mol. The van der Waals surface area contributed by atoms with E-state index in [1.165, 1.54) is 11.8 Å². The van der Waals surface area contributed by atoms with E-state index in [0.29, 0.717) is 44.4 Å². The van der Waals surface area contributed by atoms with Gasteiger partial charge in [0.15, 0.2) is 0 Å². The van der Waals surface area contributed by atoms with E-state index in [1.54, 1.807) is 0 Å². The molecule has 10 nitrogen and oxygen atoms in total. The molecule has 174 valence electrons. The molecular weight excluding hydrogens is 410 g/mol. The lowest BCUT2D eigenvalue weighted by Crippen LogP contribution is -2.56. The summed E-state index contributed by atoms with van der Waals surface area (Å²) < 4.78 is 0. The largest absolute Gasteiger partial charge is 0.480 e. The van der Waals surface area contributed by atoms with Gasteiger partial charge >= 0.3 is 5.97 Å². The number of carbonyl (C=O) groups is 4. The summed E-state index contributed by atoms with van der Waals surface area (Å²) in [6.07, 6.45) is 4.34. The Bertz CT molecular complexity index is 561. The van der Waals surface area contributed by atoms with Crippen molar-refractivity contribution in [3.8, 4) is 0 Å². The highest BCUT2D eigenvalue weighted by atomic mass is 32.2. The first-order valence-corrected chi connectivity index (χ1v) is 11.6. The second-order valence-electron chi connectivity index (χ2n) is 7.54. The highest BCUT2D eigenvalue weighted by Gasteiger charge is 2.28. The van der Waals surface area contributed by atoms with Crippen LogP contribution in [0.3, 0.4) is 0 Å². The van der Waals surface area contributed by atoms with Crippen LogP contribution in [0.25, 0.3) is 0 Å². The topological polar surface area (TPSA) is 177 Å². The molecule has 3 atom stereocenters. The van der Waals surface area contributed by atoms with Crippen LogP contribution in [0, 0.1) is 5.92 Å². The molecule has 11 heteroatoms. The Morgan fingerprint density at radius 2 is 1.57 bits per heavy atom. The highest BCUT2D eigenvalue weighted by Crippen LogP contribution is 2.07. The Labute approximate surface area is 182 Å². The summed E-state index contributed by atoms with van der Waals surface area (Å²) in [7, 11) is 0. The molecule has 0 aliphatic carbocycles. The van der Waals surface area contributed by atoms with Crippen LogP contribution < -0.4 is 27.4 Å². The third-order valence-electron chi connectivity index (χ3n) is 4.30. The molecule has 0 spiro atoms. The molecule has 3 amide bonds. The van der Waals surface area contributed by atoms with Crippen LogP contribution in [-0.4, -0.2) is 72.0 Å². The first-order valence-electron chi connectivity index (χ1n) is 10.2. The number of hydrogen-bond acceptors (Lipinski definition) is 7. The van der Waals surface area contributed by atoms with E-state index in [1.807, 2.05) is 20.1 Å². The Morgan fingerprint density at radius 3 is 2.10 bits per heavy atom. The van der Waals surface area contributed by atoms with Crippen molar-refractivity contribution in [3.05, 3.63) is 0 Å². The maximum atomic E-state index is 12.8. The third kappa shape index (κ3) is 12.7. The molecule has 0 rings (SSSR count). The number of carbonyl (C=O) groups excluding carboxylic acids is 3. The zero-order valence-electron chi connectivity index (χ0n) is 18.1. The molecule has 0 saturated heterocycles. The minimum Gasteiger partial charge on any atom is -0.480 e. The van der Waals surface area contributed by atoms with Gasteiger partial charge in [0.25, 0.3) is 0 Å². The normalized spacial score (nSPS) is 13.9. The van der Waals surface area contributed by atoms with Crippen LogP contribution in [0.5, 0.6) is 0 Å². The van der Waals surface area contributed by atoms with Gasteiger partial charge in [-0.3, -0.25) is 19.2 Å². The number of hydrogen-bond donors (Lipinski definition) is 6. The van der Waals surface area contributed by atoms with Crippen molar-refractivity contribution in [2.45, 2.75) is 64.1 Å². The predicted molar refractivity (Wildman–Crippen MR) is 118 cm³/mol. The van der Waals surface area contributed by atoms with E-state index >= 15 is 0 Å². The van der Waals surface area contributed by atoms with Crippen LogP contribution >= 0.6 is 11.8 Å². The maximum Gasteiger partial charge on any atom is 0.322 e. The molecule has 0 fully saturated rings. The van der Waals surface area contributed by atoms with Crippen LogP contribution in [0.15, 0.2) is 0 Å². The lowest BCUT2D eigenvalue weighted by Gasteiger charge is -2.24. The van der Waals surface area contributed by atoms with Crippen molar-refractivity contribution in [2.24, 2.45) is 17.4 Å². The fourth-order valence-corrected chi connectivity index (χ4v) is 3.19. The van der Waals surface area contributed by atoms with Gasteiger partial charge in [-0.25, -0.2) is 0 Å². The van der Waals surface area contributed by atoms with Crippen molar-refractivity contribution in [3.63, 3.8) is 0 Å². The lowest BCUT2D eigenvalue weighted by atomic mass is 10.0. The molecule has 0 radical (unpaired) electrons. The van der Waals surface area contributed by atoms with E-state index in [9.17, 15) is 19.2 Å². The minimum absolute atomic E-state index is 0.226. The summed E-state index contributed by atoms with van der Waals surface area (Å²) >= 11 is 1.50. The van der Waals surface area contributed by atoms with Gasteiger partial charge in [-0.1, -0.05) is 13.8 Å². The van der Waals surface area contributed by atoms with Crippen molar-refractivity contribution >= 4 is 35.5 Å². The molecule has 0 aliphatic rings. The number of nitrogens with one attached hydrogen (secondary N) is 3. The number of amides is 3. The van der Waals surface area contributed by atoms with Gasteiger partial charge in [0, 0.05) is 0 Å². The first-order chi connectivity index (χ1) is 14.1. The fraction of sp³-hybridized carbons (Fsp3) is 0.789. The average molecular weight is 448 g/mol. The number of thioether (sulfide) groups is 1. The molecular formula is C19H37N5O5S. The standard InChI is InChI=1S/C19H37N5O5S/c1-12(2)10-13(21)17(27)23-14(6-4-5-8-20)19(29)24-15(7-9-30-3)18(28)22-11-16(25)26/h12-15H,4-11,20-21H2,1-3H3,(H,22,28)(H,23,27)(H,24,29)(H,25,26). The Morgan fingerprint density at radius 1 is 0.967 bits per heavy atom. The van der Waals surface area contributed by atoms with Gasteiger partial charge in [0.2, 0.25) is 17.7 Å². The quantitative estimate of drug-likeness (QED) is 0.170. The van der Waals surface area contributed by atoms with E-state index in [2.05, 4.69) is 16.0 Å². The smallest absolute Gasteiger partial charge is 0.322 e. The zero-order valence-corrected chi connectivity index (χ0v) is 18.9. The Balaban J connectivity index is 5.18.